The summed E-state index contributed by atoms with van der Waals surface area (Å²) in [5, 5.41) is 9.05. The van der Waals surface area contributed by atoms with Crippen LogP contribution in [-0.4, -0.2) is 31.0 Å². The van der Waals surface area contributed by atoms with Gasteiger partial charge in [0.05, 0.1) is 11.2 Å². The van der Waals surface area contributed by atoms with Gasteiger partial charge >= 0.3 is 5.97 Å². The lowest BCUT2D eigenvalue weighted by molar-refractivity contribution is 0.0687. The van der Waals surface area contributed by atoms with Crippen LogP contribution < -0.4 is 4.31 Å². The van der Waals surface area contributed by atoms with Gasteiger partial charge in [0.2, 0.25) is 0 Å². The summed E-state index contributed by atoms with van der Waals surface area (Å²) < 4.78 is 26.3. The fourth-order valence-electron chi connectivity index (χ4n) is 1.94. The number of carboxylic acids is 1. The first-order valence-corrected chi connectivity index (χ1v) is 8.46. The first-order chi connectivity index (χ1) is 9.87. The zero-order valence-electron chi connectivity index (χ0n) is 11.5. The summed E-state index contributed by atoms with van der Waals surface area (Å²) in [5.41, 5.74) is 2.21. The van der Waals surface area contributed by atoms with E-state index in [0.717, 1.165) is 16.9 Å². The van der Waals surface area contributed by atoms with E-state index in [-0.39, 0.29) is 10.8 Å². The standard InChI is InChI=1S/C13H14N2O4S2/c1-3-15(10-6-4-5-9(2)7-10)21(18,19)13-11(12(16)17)14-8-20-13/h4-8H,3H2,1-2H3,(H,16,17). The van der Waals surface area contributed by atoms with Crippen molar-refractivity contribution in [1.29, 1.82) is 0 Å². The molecule has 0 amide bonds. The van der Waals surface area contributed by atoms with Crippen LogP contribution in [0.25, 0.3) is 0 Å². The summed E-state index contributed by atoms with van der Waals surface area (Å²) >= 11 is 0.806. The molecule has 0 aliphatic heterocycles. The Labute approximate surface area is 126 Å². The van der Waals surface area contributed by atoms with Gasteiger partial charge in [-0.1, -0.05) is 12.1 Å². The molecule has 112 valence electrons. The van der Waals surface area contributed by atoms with Crippen molar-refractivity contribution < 1.29 is 18.3 Å². The van der Waals surface area contributed by atoms with E-state index in [0.29, 0.717) is 5.69 Å². The van der Waals surface area contributed by atoms with Crippen molar-refractivity contribution in [1.82, 2.24) is 4.98 Å². The first-order valence-electron chi connectivity index (χ1n) is 6.14. The Balaban J connectivity index is 2.55. The van der Waals surface area contributed by atoms with Crippen LogP contribution in [0.15, 0.2) is 34.0 Å². The zero-order valence-corrected chi connectivity index (χ0v) is 13.1. The first kappa shape index (κ1) is 15.5. The summed E-state index contributed by atoms with van der Waals surface area (Å²) in [5.74, 6) is -1.35. The molecule has 0 unspecified atom stereocenters. The third-order valence-corrected chi connectivity index (χ3v) is 6.09. The maximum Gasteiger partial charge on any atom is 0.356 e. The number of thiazole rings is 1. The molecule has 8 heteroatoms. The van der Waals surface area contributed by atoms with E-state index in [1.807, 2.05) is 13.0 Å². The molecule has 0 fully saturated rings. The second-order valence-corrected chi connectivity index (χ2v) is 7.21. The number of aromatic nitrogens is 1. The minimum absolute atomic E-state index is 0.197. The van der Waals surface area contributed by atoms with E-state index in [1.54, 1.807) is 25.1 Å². The molecular weight excluding hydrogens is 312 g/mol. The van der Waals surface area contributed by atoms with Gasteiger partial charge < -0.3 is 5.11 Å². The van der Waals surface area contributed by atoms with Crippen molar-refractivity contribution in [3.05, 3.63) is 41.0 Å². The molecule has 0 atom stereocenters. The monoisotopic (exact) mass is 326 g/mol. The van der Waals surface area contributed by atoms with E-state index in [4.69, 9.17) is 5.11 Å². The van der Waals surface area contributed by atoms with Crippen LogP contribution in [0.4, 0.5) is 5.69 Å². The van der Waals surface area contributed by atoms with E-state index < -0.39 is 21.7 Å². The highest BCUT2D eigenvalue weighted by atomic mass is 32.2. The minimum Gasteiger partial charge on any atom is -0.476 e. The Morgan fingerprint density at radius 3 is 2.71 bits per heavy atom. The van der Waals surface area contributed by atoms with Gasteiger partial charge in [0.15, 0.2) is 9.90 Å². The number of hydrogen-bond acceptors (Lipinski definition) is 5. The number of rotatable bonds is 5. The number of carboxylic acid groups (broad SMARTS) is 1. The average Bonchev–Trinajstić information content (AvgIpc) is 2.89. The van der Waals surface area contributed by atoms with Crippen molar-refractivity contribution in [3.8, 4) is 0 Å². The van der Waals surface area contributed by atoms with Crippen LogP contribution in [0.5, 0.6) is 0 Å². The molecule has 1 aromatic heterocycles. The quantitative estimate of drug-likeness (QED) is 0.911. The van der Waals surface area contributed by atoms with E-state index in [9.17, 15) is 13.2 Å². The van der Waals surface area contributed by atoms with Gasteiger partial charge in [-0.3, -0.25) is 4.31 Å². The highest BCUT2D eigenvalue weighted by molar-refractivity contribution is 7.94. The molecule has 0 saturated carbocycles. The smallest absolute Gasteiger partial charge is 0.356 e. The largest absolute Gasteiger partial charge is 0.476 e. The van der Waals surface area contributed by atoms with Crippen molar-refractivity contribution in [2.24, 2.45) is 0 Å². The fourth-order valence-corrected chi connectivity index (χ4v) is 4.64. The molecule has 0 saturated heterocycles. The number of nitrogens with zero attached hydrogens (tertiary/aromatic N) is 2. The molecular formula is C13H14N2O4S2. The van der Waals surface area contributed by atoms with Crippen molar-refractivity contribution >= 4 is 33.0 Å². The highest BCUT2D eigenvalue weighted by Gasteiger charge is 2.31. The van der Waals surface area contributed by atoms with Crippen LogP contribution in [0.2, 0.25) is 0 Å². The Bertz CT molecular complexity index is 768. The second kappa shape index (κ2) is 5.82. The predicted octanol–water partition coefficient (Wildman–Crippen LogP) is 2.36. The molecule has 6 nitrogen and oxygen atoms in total. The average molecular weight is 326 g/mol. The molecule has 0 aliphatic rings. The van der Waals surface area contributed by atoms with Crippen LogP contribution >= 0.6 is 11.3 Å². The molecule has 0 spiro atoms. The molecule has 2 rings (SSSR count). The minimum atomic E-state index is -3.94. The van der Waals surface area contributed by atoms with Gasteiger partial charge in [-0.25, -0.2) is 18.2 Å². The molecule has 1 heterocycles. The van der Waals surface area contributed by atoms with Crippen LogP contribution in [0.1, 0.15) is 23.0 Å². The fraction of sp³-hybridized carbons (Fsp3) is 0.231. The van der Waals surface area contributed by atoms with Gasteiger partial charge in [0, 0.05) is 6.54 Å². The lowest BCUT2D eigenvalue weighted by Gasteiger charge is -2.22. The molecule has 0 aliphatic carbocycles. The van der Waals surface area contributed by atoms with E-state index >= 15 is 0 Å². The second-order valence-electron chi connectivity index (χ2n) is 4.30. The lowest BCUT2D eigenvalue weighted by atomic mass is 10.2. The lowest BCUT2D eigenvalue weighted by Crippen LogP contribution is -2.31. The topological polar surface area (TPSA) is 87.6 Å². The normalized spacial score (nSPS) is 11.3. The molecule has 21 heavy (non-hydrogen) atoms. The van der Waals surface area contributed by atoms with Crippen LogP contribution in [-0.2, 0) is 10.0 Å². The van der Waals surface area contributed by atoms with Gasteiger partial charge in [-0.15, -0.1) is 11.3 Å². The number of benzene rings is 1. The number of sulfonamides is 1. The molecule has 0 radical (unpaired) electrons. The molecule has 2 aromatic rings. The summed E-state index contributed by atoms with van der Waals surface area (Å²) in [7, 11) is -3.94. The van der Waals surface area contributed by atoms with E-state index in [2.05, 4.69) is 4.98 Å². The Morgan fingerprint density at radius 1 is 1.43 bits per heavy atom. The highest BCUT2D eigenvalue weighted by Crippen LogP contribution is 2.28. The Hall–Kier alpha value is -1.93. The number of aryl methyl sites for hydroxylation is 1. The maximum atomic E-state index is 12.7. The van der Waals surface area contributed by atoms with Gasteiger partial charge in [0.1, 0.15) is 0 Å². The molecule has 1 N–H and O–H groups in total. The molecule has 0 bridgehead atoms. The third-order valence-electron chi connectivity index (χ3n) is 2.84. The van der Waals surface area contributed by atoms with Crippen molar-refractivity contribution in [2.75, 3.05) is 10.8 Å². The molecule has 1 aromatic carbocycles. The SMILES string of the molecule is CCN(c1cccc(C)c1)S(=O)(=O)c1scnc1C(=O)O. The van der Waals surface area contributed by atoms with Crippen LogP contribution in [0.3, 0.4) is 0 Å². The van der Waals surface area contributed by atoms with Crippen LogP contribution in [0, 0.1) is 6.92 Å². The summed E-state index contributed by atoms with van der Waals surface area (Å²) in [4.78, 5) is 14.7. The maximum absolute atomic E-state index is 12.7. The van der Waals surface area contributed by atoms with Crippen molar-refractivity contribution in [3.63, 3.8) is 0 Å². The number of aromatic carboxylic acids is 1. The zero-order chi connectivity index (χ0) is 15.6. The third kappa shape index (κ3) is 2.91. The number of anilines is 1. The van der Waals surface area contributed by atoms with Gasteiger partial charge in [-0.2, -0.15) is 0 Å². The summed E-state index contributed by atoms with van der Waals surface area (Å²) in [6.45, 7) is 3.75. The Morgan fingerprint density at radius 2 is 2.14 bits per heavy atom. The Kier molecular flexibility index (Phi) is 4.29. The summed E-state index contributed by atoms with van der Waals surface area (Å²) in [6.07, 6.45) is 0. The summed E-state index contributed by atoms with van der Waals surface area (Å²) in [6, 6.07) is 7.03. The number of hydrogen-bond donors (Lipinski definition) is 1. The van der Waals surface area contributed by atoms with Gasteiger partial charge in [-0.05, 0) is 31.5 Å². The predicted molar refractivity (Wildman–Crippen MR) is 80.5 cm³/mol. The van der Waals surface area contributed by atoms with Crippen molar-refractivity contribution in [2.45, 2.75) is 18.1 Å². The number of carbonyl (C=O) groups is 1. The van der Waals surface area contributed by atoms with E-state index in [1.165, 1.54) is 9.82 Å². The van der Waals surface area contributed by atoms with Gasteiger partial charge in [0.25, 0.3) is 10.0 Å².